The summed E-state index contributed by atoms with van der Waals surface area (Å²) in [5.41, 5.74) is 0. The highest BCUT2D eigenvalue weighted by atomic mass is 16.2. The molecule has 13 heavy (non-hydrogen) atoms. The number of rotatable bonds is 5. The minimum absolute atomic E-state index is 0.0333. The van der Waals surface area contributed by atoms with Gasteiger partial charge >= 0.3 is 0 Å². The molecule has 0 fully saturated rings. The van der Waals surface area contributed by atoms with Crippen molar-refractivity contribution < 1.29 is 4.79 Å². The van der Waals surface area contributed by atoms with E-state index in [2.05, 4.69) is 22.5 Å². The quantitative estimate of drug-likeness (QED) is 0.619. The molecule has 4 heteroatoms. The number of amides is 1. The second-order valence-electron chi connectivity index (χ2n) is 3.56. The Labute approximate surface area is 80.7 Å². The Morgan fingerprint density at radius 3 is 2.31 bits per heavy atom. The fourth-order valence-corrected chi connectivity index (χ4v) is 0.839. The zero-order valence-corrected chi connectivity index (χ0v) is 9.22. The van der Waals surface area contributed by atoms with E-state index >= 15 is 0 Å². The van der Waals surface area contributed by atoms with Crippen molar-refractivity contribution in [1.82, 2.24) is 15.5 Å². The molecule has 0 saturated heterocycles. The van der Waals surface area contributed by atoms with Crippen LogP contribution in [0.15, 0.2) is 0 Å². The van der Waals surface area contributed by atoms with Crippen LogP contribution in [0.1, 0.15) is 13.8 Å². The number of nitrogens with zero attached hydrogens (tertiary/aromatic N) is 1. The normalized spacial score (nSPS) is 15.5. The van der Waals surface area contributed by atoms with Crippen molar-refractivity contribution in [3.05, 3.63) is 0 Å². The number of carbonyl (C=O) groups excluding carboxylic acids is 1. The van der Waals surface area contributed by atoms with Crippen LogP contribution >= 0.6 is 0 Å². The van der Waals surface area contributed by atoms with Gasteiger partial charge in [-0.2, -0.15) is 0 Å². The molecule has 0 aliphatic rings. The van der Waals surface area contributed by atoms with Crippen molar-refractivity contribution in [3.63, 3.8) is 0 Å². The third-order valence-electron chi connectivity index (χ3n) is 2.24. The maximum Gasteiger partial charge on any atom is 0.236 e. The number of nitrogens with one attached hydrogen (secondary N) is 2. The Morgan fingerprint density at radius 1 is 1.38 bits per heavy atom. The predicted molar refractivity (Wildman–Crippen MR) is 54.7 cm³/mol. The molecule has 0 aliphatic carbocycles. The molecule has 2 N–H and O–H groups in total. The molecule has 78 valence electrons. The maximum atomic E-state index is 11.1. The summed E-state index contributed by atoms with van der Waals surface area (Å²) in [4.78, 5) is 13.2. The Balaban J connectivity index is 3.69. The monoisotopic (exact) mass is 187 g/mol. The number of hydrogen-bond acceptors (Lipinski definition) is 3. The highest BCUT2D eigenvalue weighted by Crippen LogP contribution is 1.90. The largest absolute Gasteiger partial charge is 0.358 e. The third-order valence-corrected chi connectivity index (χ3v) is 2.24. The van der Waals surface area contributed by atoms with Gasteiger partial charge in [-0.1, -0.05) is 0 Å². The van der Waals surface area contributed by atoms with E-state index in [1.807, 2.05) is 21.0 Å². The van der Waals surface area contributed by atoms with Crippen LogP contribution in [-0.2, 0) is 4.79 Å². The molecule has 0 rings (SSSR count). The van der Waals surface area contributed by atoms with Crippen LogP contribution < -0.4 is 10.6 Å². The third kappa shape index (κ3) is 4.85. The van der Waals surface area contributed by atoms with E-state index in [1.165, 1.54) is 0 Å². The standard InChI is InChI=1S/C9H21N3O/c1-7(12(4)5)6-11-8(2)9(13)10-3/h7-8,11H,6H2,1-5H3,(H,10,13). The second-order valence-corrected chi connectivity index (χ2v) is 3.56. The molecule has 2 atom stereocenters. The van der Waals surface area contributed by atoms with Gasteiger partial charge in [-0.3, -0.25) is 4.79 Å². The van der Waals surface area contributed by atoms with Gasteiger partial charge in [0.2, 0.25) is 5.91 Å². The molecule has 0 spiro atoms. The van der Waals surface area contributed by atoms with Gasteiger partial charge in [0.25, 0.3) is 0 Å². The zero-order valence-electron chi connectivity index (χ0n) is 9.22. The van der Waals surface area contributed by atoms with Crippen LogP contribution in [-0.4, -0.2) is 50.6 Å². The first kappa shape index (κ1) is 12.4. The highest BCUT2D eigenvalue weighted by Gasteiger charge is 2.11. The topological polar surface area (TPSA) is 44.4 Å². The summed E-state index contributed by atoms with van der Waals surface area (Å²) < 4.78 is 0. The van der Waals surface area contributed by atoms with Crippen LogP contribution in [0.4, 0.5) is 0 Å². The second kappa shape index (κ2) is 5.94. The lowest BCUT2D eigenvalue weighted by atomic mass is 10.2. The first-order valence-electron chi connectivity index (χ1n) is 4.60. The van der Waals surface area contributed by atoms with E-state index in [0.717, 1.165) is 6.54 Å². The molecule has 2 unspecified atom stereocenters. The molecule has 0 aliphatic heterocycles. The number of likely N-dealkylation sites (N-methyl/N-ethyl adjacent to an activating group) is 2. The van der Waals surface area contributed by atoms with Crippen LogP contribution in [0.25, 0.3) is 0 Å². The van der Waals surface area contributed by atoms with E-state index in [9.17, 15) is 4.79 Å². The summed E-state index contributed by atoms with van der Waals surface area (Å²) in [7, 11) is 5.70. The van der Waals surface area contributed by atoms with Gasteiger partial charge in [0.15, 0.2) is 0 Å². The molecule has 0 bridgehead atoms. The molecular weight excluding hydrogens is 166 g/mol. The van der Waals surface area contributed by atoms with Gasteiger partial charge in [-0.15, -0.1) is 0 Å². The predicted octanol–water partition coefficient (Wildman–Crippen LogP) is -0.339. The SMILES string of the molecule is CNC(=O)C(C)NCC(C)N(C)C. The summed E-state index contributed by atoms with van der Waals surface area (Å²) in [6, 6.07) is 0.319. The molecule has 4 nitrogen and oxygen atoms in total. The van der Waals surface area contributed by atoms with E-state index in [0.29, 0.717) is 6.04 Å². The summed E-state index contributed by atoms with van der Waals surface area (Å²) in [5.74, 6) is 0.0333. The maximum absolute atomic E-state index is 11.1. The Morgan fingerprint density at radius 2 is 1.92 bits per heavy atom. The van der Waals surface area contributed by atoms with Crippen molar-refractivity contribution in [2.75, 3.05) is 27.7 Å². The molecule has 0 saturated carbocycles. The Kier molecular flexibility index (Phi) is 5.66. The minimum Gasteiger partial charge on any atom is -0.358 e. The van der Waals surface area contributed by atoms with Crippen LogP contribution in [0, 0.1) is 0 Å². The van der Waals surface area contributed by atoms with E-state index < -0.39 is 0 Å². The van der Waals surface area contributed by atoms with Gasteiger partial charge in [0, 0.05) is 19.6 Å². The molecule has 0 aromatic rings. The van der Waals surface area contributed by atoms with Gasteiger partial charge in [0.05, 0.1) is 6.04 Å². The Bertz CT molecular complexity index is 159. The average Bonchev–Trinajstić information content (AvgIpc) is 2.11. The molecule has 0 radical (unpaired) electrons. The highest BCUT2D eigenvalue weighted by molar-refractivity contribution is 5.80. The smallest absolute Gasteiger partial charge is 0.236 e. The van der Waals surface area contributed by atoms with E-state index in [-0.39, 0.29) is 11.9 Å². The van der Waals surface area contributed by atoms with Crippen molar-refractivity contribution in [2.45, 2.75) is 25.9 Å². The summed E-state index contributed by atoms with van der Waals surface area (Å²) in [6.07, 6.45) is 0. The zero-order chi connectivity index (χ0) is 10.4. The van der Waals surface area contributed by atoms with Crippen molar-refractivity contribution >= 4 is 5.91 Å². The Hall–Kier alpha value is -0.610. The number of carbonyl (C=O) groups is 1. The fourth-order valence-electron chi connectivity index (χ4n) is 0.839. The van der Waals surface area contributed by atoms with Crippen molar-refractivity contribution in [2.24, 2.45) is 0 Å². The van der Waals surface area contributed by atoms with Gasteiger partial charge in [0.1, 0.15) is 0 Å². The molecule has 1 amide bonds. The molecule has 0 aromatic carbocycles. The summed E-state index contributed by atoms with van der Waals surface area (Å²) in [5, 5.41) is 5.76. The van der Waals surface area contributed by atoms with Crippen molar-refractivity contribution in [1.29, 1.82) is 0 Å². The lowest BCUT2D eigenvalue weighted by molar-refractivity contribution is -0.122. The van der Waals surface area contributed by atoms with Crippen LogP contribution in [0.5, 0.6) is 0 Å². The minimum atomic E-state index is -0.118. The molecular formula is C9H21N3O. The fraction of sp³-hybridized carbons (Fsp3) is 0.889. The molecule has 0 aromatic heterocycles. The number of hydrogen-bond donors (Lipinski definition) is 2. The van der Waals surface area contributed by atoms with Gasteiger partial charge in [-0.05, 0) is 27.9 Å². The lowest BCUT2D eigenvalue weighted by Gasteiger charge is -2.22. The van der Waals surface area contributed by atoms with Gasteiger partial charge < -0.3 is 15.5 Å². The summed E-state index contributed by atoms with van der Waals surface area (Å²) >= 11 is 0. The molecule has 0 heterocycles. The van der Waals surface area contributed by atoms with Gasteiger partial charge in [-0.25, -0.2) is 0 Å². The lowest BCUT2D eigenvalue weighted by Crippen LogP contribution is -2.45. The summed E-state index contributed by atoms with van der Waals surface area (Å²) in [6.45, 7) is 4.80. The van der Waals surface area contributed by atoms with E-state index in [4.69, 9.17) is 0 Å². The van der Waals surface area contributed by atoms with Crippen LogP contribution in [0.2, 0.25) is 0 Å². The van der Waals surface area contributed by atoms with Crippen LogP contribution in [0.3, 0.4) is 0 Å². The first-order valence-corrected chi connectivity index (χ1v) is 4.60. The van der Waals surface area contributed by atoms with Crippen molar-refractivity contribution in [3.8, 4) is 0 Å². The first-order chi connectivity index (χ1) is 5.99. The van der Waals surface area contributed by atoms with E-state index in [1.54, 1.807) is 7.05 Å². The average molecular weight is 187 g/mol.